The van der Waals surface area contributed by atoms with Crippen LogP contribution >= 0.6 is 0 Å². The second-order valence-electron chi connectivity index (χ2n) is 12.5. The maximum absolute atomic E-state index is 15.3. The summed E-state index contributed by atoms with van der Waals surface area (Å²) in [6.07, 6.45) is 13.1. The highest BCUT2D eigenvalue weighted by molar-refractivity contribution is 6.08. The van der Waals surface area contributed by atoms with Gasteiger partial charge in [-0.05, 0) is 111 Å². The fourth-order valence-electron chi connectivity index (χ4n) is 6.77. The van der Waals surface area contributed by atoms with E-state index in [2.05, 4.69) is 22.4 Å². The minimum atomic E-state index is -0.537. The Labute approximate surface area is 263 Å². The normalized spacial score (nSPS) is 19.5. The van der Waals surface area contributed by atoms with Crippen molar-refractivity contribution in [2.45, 2.75) is 63.8 Å². The Morgan fingerprint density at radius 2 is 1.71 bits per heavy atom. The lowest BCUT2D eigenvalue weighted by molar-refractivity contribution is 0.0639. The third kappa shape index (κ3) is 7.56. The topological polar surface area (TPSA) is 96.9 Å². The van der Waals surface area contributed by atoms with Crippen molar-refractivity contribution in [1.29, 1.82) is 5.41 Å². The molecule has 2 fully saturated rings. The molecule has 8 heteroatoms. The van der Waals surface area contributed by atoms with E-state index in [1.165, 1.54) is 23.9 Å². The first-order valence-electron chi connectivity index (χ1n) is 16.1. The third-order valence-electron chi connectivity index (χ3n) is 9.42. The standard InChI is InChI=1S/C37H41F2N5O/c38-33-19-27(20-34(39)32(33)12-9-24-13-15-45-16-14-24)31-5-2-6-35-37(31)44-36(23-43-35)28(21-40)22-42-30-10-7-25(8-11-30)17-26-3-1-4-29(41)18-26/h1-6,18-25,30,40,42H,7-17,41H2/b28-22+,40-21?. The van der Waals surface area contributed by atoms with Gasteiger partial charge in [0.05, 0.1) is 22.9 Å². The van der Waals surface area contributed by atoms with Crippen molar-refractivity contribution in [3.8, 4) is 11.1 Å². The lowest BCUT2D eigenvalue weighted by Crippen LogP contribution is -2.30. The van der Waals surface area contributed by atoms with E-state index in [-0.39, 0.29) is 5.56 Å². The van der Waals surface area contributed by atoms with Gasteiger partial charge in [0, 0.05) is 54.1 Å². The van der Waals surface area contributed by atoms with Crippen molar-refractivity contribution < 1.29 is 13.5 Å². The summed E-state index contributed by atoms with van der Waals surface area (Å²) in [6, 6.07) is 16.7. The number of nitrogens with one attached hydrogen (secondary N) is 2. The molecular formula is C37H41F2N5O. The highest BCUT2D eigenvalue weighted by Crippen LogP contribution is 2.32. The zero-order valence-electron chi connectivity index (χ0n) is 25.6. The lowest BCUT2D eigenvalue weighted by Gasteiger charge is -2.29. The van der Waals surface area contributed by atoms with Crippen molar-refractivity contribution in [1.82, 2.24) is 15.3 Å². The number of hydrogen-bond acceptors (Lipinski definition) is 6. The van der Waals surface area contributed by atoms with Gasteiger partial charge in [0.2, 0.25) is 0 Å². The number of hydrogen-bond donors (Lipinski definition) is 3. The summed E-state index contributed by atoms with van der Waals surface area (Å²) in [5, 5.41) is 11.6. The summed E-state index contributed by atoms with van der Waals surface area (Å²) >= 11 is 0. The lowest BCUT2D eigenvalue weighted by atomic mass is 9.82. The van der Waals surface area contributed by atoms with Crippen LogP contribution in [0, 0.1) is 28.9 Å². The van der Waals surface area contributed by atoms with Crippen LogP contribution < -0.4 is 11.1 Å². The maximum Gasteiger partial charge on any atom is 0.129 e. The quantitative estimate of drug-likeness (QED) is 0.125. The highest BCUT2D eigenvalue weighted by Gasteiger charge is 2.22. The Morgan fingerprint density at radius 1 is 0.956 bits per heavy atom. The Morgan fingerprint density at radius 3 is 2.44 bits per heavy atom. The van der Waals surface area contributed by atoms with Crippen molar-refractivity contribution in [3.63, 3.8) is 0 Å². The first kappa shape index (κ1) is 30.8. The van der Waals surface area contributed by atoms with Crippen LogP contribution in [0.25, 0.3) is 27.7 Å². The molecule has 6 nitrogen and oxygen atoms in total. The average Bonchev–Trinajstić information content (AvgIpc) is 3.05. The first-order valence-corrected chi connectivity index (χ1v) is 16.1. The number of ether oxygens (including phenoxy) is 1. The fourth-order valence-corrected chi connectivity index (χ4v) is 6.77. The summed E-state index contributed by atoms with van der Waals surface area (Å²) in [6.45, 7) is 1.44. The van der Waals surface area contributed by atoms with Gasteiger partial charge in [0.15, 0.2) is 0 Å². The smallest absolute Gasteiger partial charge is 0.129 e. The van der Waals surface area contributed by atoms with Crippen molar-refractivity contribution in [3.05, 3.63) is 95.4 Å². The second kappa shape index (κ2) is 14.3. The fraction of sp³-hybridized carbons (Fsp3) is 0.378. The van der Waals surface area contributed by atoms with E-state index in [0.29, 0.717) is 57.7 Å². The van der Waals surface area contributed by atoms with E-state index in [4.69, 9.17) is 20.9 Å². The predicted octanol–water partition coefficient (Wildman–Crippen LogP) is 7.90. The van der Waals surface area contributed by atoms with Crippen LogP contribution in [0.2, 0.25) is 0 Å². The molecule has 0 atom stereocenters. The number of nitrogen functional groups attached to an aromatic ring is 1. The van der Waals surface area contributed by atoms with E-state index in [1.807, 2.05) is 36.5 Å². The van der Waals surface area contributed by atoms with Crippen molar-refractivity contribution in [2.75, 3.05) is 18.9 Å². The number of para-hydroxylation sites is 1. The number of allylic oxidation sites excluding steroid dienone is 1. The molecule has 234 valence electrons. The molecule has 2 aliphatic rings. The molecule has 3 aromatic carbocycles. The molecular weight excluding hydrogens is 568 g/mol. The van der Waals surface area contributed by atoms with Gasteiger partial charge < -0.3 is 21.2 Å². The summed E-state index contributed by atoms with van der Waals surface area (Å²) in [5.74, 6) is -0.00349. The number of aromatic nitrogens is 2. The Bertz CT molecular complexity index is 1650. The van der Waals surface area contributed by atoms with Gasteiger partial charge in [-0.15, -0.1) is 0 Å². The number of nitrogens with zero attached hydrogens (tertiary/aromatic N) is 2. The number of anilines is 1. The molecule has 0 spiro atoms. The summed E-state index contributed by atoms with van der Waals surface area (Å²) < 4.78 is 36.0. The van der Waals surface area contributed by atoms with Crippen molar-refractivity contribution in [2.24, 2.45) is 11.8 Å². The molecule has 2 heterocycles. The third-order valence-corrected chi connectivity index (χ3v) is 9.42. The Hall–Kier alpha value is -4.17. The second-order valence-corrected chi connectivity index (χ2v) is 12.5. The van der Waals surface area contributed by atoms with Gasteiger partial charge in [0.1, 0.15) is 11.6 Å². The van der Waals surface area contributed by atoms with Crippen LogP contribution in [-0.2, 0) is 17.6 Å². The predicted molar refractivity (Wildman–Crippen MR) is 177 cm³/mol. The highest BCUT2D eigenvalue weighted by atomic mass is 19.1. The van der Waals surface area contributed by atoms with Gasteiger partial charge in [-0.25, -0.2) is 13.8 Å². The van der Waals surface area contributed by atoms with Crippen LogP contribution in [0.4, 0.5) is 14.5 Å². The maximum atomic E-state index is 15.3. The minimum absolute atomic E-state index is 0.135. The largest absolute Gasteiger partial charge is 0.399 e. The van der Waals surface area contributed by atoms with E-state index in [1.54, 1.807) is 6.20 Å². The van der Waals surface area contributed by atoms with Crippen LogP contribution in [0.5, 0.6) is 0 Å². The van der Waals surface area contributed by atoms with Gasteiger partial charge in [-0.3, -0.25) is 4.98 Å². The Kier molecular flexibility index (Phi) is 9.79. The molecule has 1 aliphatic heterocycles. The molecule has 0 bridgehead atoms. The van der Waals surface area contributed by atoms with Gasteiger partial charge in [0.25, 0.3) is 0 Å². The monoisotopic (exact) mass is 609 g/mol. The molecule has 0 unspecified atom stereocenters. The SMILES string of the molecule is N=C/C(=C\NC1CCC(Cc2cccc(N)c2)CC1)c1cnc2cccc(-c3cc(F)c(CCC4CCOCC4)c(F)c3)c2n1. The molecule has 1 aromatic heterocycles. The summed E-state index contributed by atoms with van der Waals surface area (Å²) in [5.41, 5.74) is 11.5. The number of halogens is 2. The van der Waals surface area contributed by atoms with Crippen LogP contribution in [-0.4, -0.2) is 35.4 Å². The van der Waals surface area contributed by atoms with Crippen molar-refractivity contribution >= 4 is 28.5 Å². The number of nitrogens with two attached hydrogens (primary N) is 1. The molecule has 6 rings (SSSR count). The first-order chi connectivity index (χ1) is 22.0. The number of benzene rings is 3. The van der Waals surface area contributed by atoms with Crippen LogP contribution in [0.3, 0.4) is 0 Å². The molecule has 4 N–H and O–H groups in total. The van der Waals surface area contributed by atoms with E-state index in [0.717, 1.165) is 70.3 Å². The zero-order chi connectivity index (χ0) is 31.2. The number of fused-ring (bicyclic) bond motifs is 1. The Balaban J connectivity index is 1.15. The van der Waals surface area contributed by atoms with Crippen LogP contribution in [0.1, 0.15) is 61.8 Å². The molecule has 0 amide bonds. The molecule has 0 radical (unpaired) electrons. The van der Waals surface area contributed by atoms with Gasteiger partial charge >= 0.3 is 0 Å². The van der Waals surface area contributed by atoms with E-state index >= 15 is 8.78 Å². The van der Waals surface area contributed by atoms with Gasteiger partial charge in [-0.1, -0.05) is 24.3 Å². The molecule has 1 aliphatic carbocycles. The van der Waals surface area contributed by atoms with Gasteiger partial charge in [-0.2, -0.15) is 0 Å². The zero-order valence-corrected chi connectivity index (χ0v) is 25.6. The summed E-state index contributed by atoms with van der Waals surface area (Å²) in [7, 11) is 0. The molecule has 4 aromatic rings. The molecule has 1 saturated heterocycles. The molecule has 1 saturated carbocycles. The van der Waals surface area contributed by atoms with Crippen LogP contribution in [0.15, 0.2) is 67.0 Å². The minimum Gasteiger partial charge on any atom is -0.399 e. The summed E-state index contributed by atoms with van der Waals surface area (Å²) in [4.78, 5) is 9.43. The molecule has 45 heavy (non-hydrogen) atoms. The van der Waals surface area contributed by atoms with E-state index in [9.17, 15) is 0 Å². The van der Waals surface area contributed by atoms with E-state index < -0.39 is 11.6 Å². The number of rotatable bonds is 10. The average molecular weight is 610 g/mol.